The average Bonchev–Trinajstić information content (AvgIpc) is 3.03. The lowest BCUT2D eigenvalue weighted by Crippen LogP contribution is -2.25. The highest BCUT2D eigenvalue weighted by atomic mass is 32.2. The molecular weight excluding hydrogens is 384 g/mol. The summed E-state index contributed by atoms with van der Waals surface area (Å²) in [6, 6.07) is 11.8. The molecule has 0 aliphatic carbocycles. The van der Waals surface area contributed by atoms with Crippen molar-refractivity contribution in [2.45, 2.75) is 37.7 Å². The van der Waals surface area contributed by atoms with Crippen LogP contribution in [0.2, 0.25) is 0 Å². The summed E-state index contributed by atoms with van der Waals surface area (Å²) in [5.41, 5.74) is 4.81. The first-order valence-corrected chi connectivity index (χ1v) is 10.4. The molecule has 3 aromatic rings. The highest BCUT2D eigenvalue weighted by Crippen LogP contribution is 2.27. The van der Waals surface area contributed by atoms with Gasteiger partial charge in [-0.2, -0.15) is 0 Å². The smallest absolute Gasteiger partial charge is 0.254 e. The number of pyridine rings is 1. The highest BCUT2D eigenvalue weighted by Gasteiger charge is 2.16. The Bertz CT molecular complexity index is 965. The zero-order valence-electron chi connectivity index (χ0n) is 17.2. The van der Waals surface area contributed by atoms with Crippen LogP contribution in [0.5, 0.6) is 0 Å². The van der Waals surface area contributed by atoms with Crippen molar-refractivity contribution in [3.05, 3.63) is 76.3 Å². The second-order valence-electron chi connectivity index (χ2n) is 7.14. The number of rotatable bonds is 8. The monoisotopic (exact) mass is 410 g/mol. The molecule has 1 amide bonds. The molecule has 0 aliphatic heterocycles. The maximum absolute atomic E-state index is 12.9. The largest absolute Gasteiger partial charge is 0.361 e. The molecule has 0 saturated carbocycles. The first-order valence-electron chi connectivity index (χ1n) is 9.45. The number of nitrogens with one attached hydrogen (secondary N) is 1. The Hall–Kier alpha value is -2.64. The third-order valence-electron chi connectivity index (χ3n) is 4.59. The van der Waals surface area contributed by atoms with Crippen LogP contribution in [0.3, 0.4) is 0 Å². The van der Waals surface area contributed by atoms with Gasteiger partial charge in [-0.1, -0.05) is 29.4 Å². The Kier molecular flexibility index (Phi) is 7.06. The second-order valence-corrected chi connectivity index (χ2v) is 8.10. The van der Waals surface area contributed by atoms with Gasteiger partial charge in [-0.05, 0) is 51.2 Å². The van der Waals surface area contributed by atoms with E-state index in [0.717, 1.165) is 29.1 Å². The molecule has 0 radical (unpaired) electrons. The maximum Gasteiger partial charge on any atom is 0.254 e. The topological polar surface area (TPSA) is 71.3 Å². The van der Waals surface area contributed by atoms with Crippen molar-refractivity contribution in [1.82, 2.24) is 20.4 Å². The highest BCUT2D eigenvalue weighted by molar-refractivity contribution is 7.98. The number of aromatic nitrogens is 2. The van der Waals surface area contributed by atoms with E-state index in [1.807, 2.05) is 46.1 Å². The van der Waals surface area contributed by atoms with Gasteiger partial charge in [0.05, 0.1) is 11.3 Å². The van der Waals surface area contributed by atoms with E-state index in [0.29, 0.717) is 22.9 Å². The van der Waals surface area contributed by atoms with Crippen molar-refractivity contribution < 1.29 is 9.32 Å². The fourth-order valence-electron chi connectivity index (χ4n) is 3.02. The molecule has 7 heteroatoms. The lowest BCUT2D eigenvalue weighted by atomic mass is 10.1. The van der Waals surface area contributed by atoms with Gasteiger partial charge in [0.25, 0.3) is 5.91 Å². The molecule has 1 aromatic carbocycles. The zero-order valence-corrected chi connectivity index (χ0v) is 18.0. The molecule has 1 N–H and O–H groups in total. The van der Waals surface area contributed by atoms with Gasteiger partial charge in [-0.3, -0.25) is 4.79 Å². The van der Waals surface area contributed by atoms with E-state index in [4.69, 9.17) is 4.52 Å². The number of nitrogens with zero attached hydrogens (tertiary/aromatic N) is 3. The van der Waals surface area contributed by atoms with Crippen LogP contribution in [-0.2, 0) is 18.8 Å². The molecule has 0 bridgehead atoms. The average molecular weight is 411 g/mol. The summed E-state index contributed by atoms with van der Waals surface area (Å²) in [6.07, 6.45) is 1.71. The van der Waals surface area contributed by atoms with Gasteiger partial charge in [0.2, 0.25) is 0 Å². The molecule has 2 heterocycles. The number of carbonyl (C=O) groups is 1. The van der Waals surface area contributed by atoms with E-state index in [9.17, 15) is 4.79 Å². The summed E-state index contributed by atoms with van der Waals surface area (Å²) >= 11 is 1.52. The van der Waals surface area contributed by atoms with Crippen molar-refractivity contribution in [2.24, 2.45) is 0 Å². The number of hydrogen-bond acceptors (Lipinski definition) is 6. The number of hydrogen-bond donors (Lipinski definition) is 1. The van der Waals surface area contributed by atoms with E-state index in [2.05, 4.69) is 32.5 Å². The lowest BCUT2D eigenvalue weighted by Gasteiger charge is -2.15. The Labute approximate surface area is 175 Å². The molecule has 0 fully saturated rings. The normalized spacial score (nSPS) is 11.1. The number of thioether (sulfide) groups is 1. The van der Waals surface area contributed by atoms with Crippen LogP contribution in [0.4, 0.5) is 0 Å². The van der Waals surface area contributed by atoms with Gasteiger partial charge in [0.1, 0.15) is 10.8 Å². The van der Waals surface area contributed by atoms with Crippen molar-refractivity contribution >= 4 is 17.7 Å². The first kappa shape index (κ1) is 21.1. The maximum atomic E-state index is 12.9. The minimum absolute atomic E-state index is 0.126. The second kappa shape index (κ2) is 9.71. The summed E-state index contributed by atoms with van der Waals surface area (Å²) in [5.74, 6) is 1.33. The predicted octanol–water partition coefficient (Wildman–Crippen LogP) is 3.97. The fourth-order valence-corrected chi connectivity index (χ4v) is 4.17. The fraction of sp³-hybridized carbons (Fsp3) is 0.318. The van der Waals surface area contributed by atoms with E-state index in [1.165, 1.54) is 17.3 Å². The van der Waals surface area contributed by atoms with E-state index >= 15 is 0 Å². The SMILES string of the molecule is Cc1noc(C)c1CSc1ncccc1C(=O)NCc1ccccc1CN(C)C. The minimum Gasteiger partial charge on any atom is -0.361 e. The van der Waals surface area contributed by atoms with Crippen molar-refractivity contribution in [3.63, 3.8) is 0 Å². The van der Waals surface area contributed by atoms with Crippen molar-refractivity contribution in [2.75, 3.05) is 14.1 Å². The molecule has 3 rings (SSSR count). The third-order valence-corrected chi connectivity index (χ3v) is 5.63. The number of benzene rings is 1. The van der Waals surface area contributed by atoms with Gasteiger partial charge >= 0.3 is 0 Å². The Morgan fingerprint density at radius 1 is 1.14 bits per heavy atom. The number of aryl methyl sites for hydroxylation is 2. The van der Waals surface area contributed by atoms with Crippen LogP contribution < -0.4 is 5.32 Å². The molecule has 152 valence electrons. The molecule has 2 aromatic heterocycles. The Morgan fingerprint density at radius 2 is 1.90 bits per heavy atom. The van der Waals surface area contributed by atoms with Crippen molar-refractivity contribution in [3.8, 4) is 0 Å². The summed E-state index contributed by atoms with van der Waals surface area (Å²) in [7, 11) is 4.07. The van der Waals surface area contributed by atoms with Gasteiger partial charge in [-0.15, -0.1) is 11.8 Å². The summed E-state index contributed by atoms with van der Waals surface area (Å²) < 4.78 is 5.22. The summed E-state index contributed by atoms with van der Waals surface area (Å²) in [5, 5.41) is 7.73. The summed E-state index contributed by atoms with van der Waals surface area (Å²) in [6.45, 7) is 5.12. The Balaban J connectivity index is 1.69. The van der Waals surface area contributed by atoms with Crippen LogP contribution in [0.15, 0.2) is 52.1 Å². The molecule has 0 saturated heterocycles. The van der Waals surface area contributed by atoms with Gasteiger partial charge in [0.15, 0.2) is 0 Å². The lowest BCUT2D eigenvalue weighted by molar-refractivity contribution is 0.0947. The zero-order chi connectivity index (χ0) is 20.8. The molecular formula is C22H26N4O2S. The Morgan fingerprint density at radius 3 is 2.59 bits per heavy atom. The van der Waals surface area contributed by atoms with E-state index in [-0.39, 0.29) is 5.91 Å². The predicted molar refractivity (Wildman–Crippen MR) is 115 cm³/mol. The van der Waals surface area contributed by atoms with Gasteiger partial charge < -0.3 is 14.7 Å². The van der Waals surface area contributed by atoms with Gasteiger partial charge in [0, 0.05) is 30.6 Å². The third kappa shape index (κ3) is 5.46. The van der Waals surface area contributed by atoms with E-state index < -0.39 is 0 Å². The van der Waals surface area contributed by atoms with Crippen LogP contribution in [-0.4, -0.2) is 35.0 Å². The first-order chi connectivity index (χ1) is 14.0. The molecule has 0 atom stereocenters. The van der Waals surface area contributed by atoms with Crippen LogP contribution in [0.1, 0.15) is 38.5 Å². The number of amides is 1. The van der Waals surface area contributed by atoms with Crippen LogP contribution >= 0.6 is 11.8 Å². The molecule has 0 spiro atoms. The standard InChI is InChI=1S/C22H26N4O2S/c1-15-20(16(2)28-25-15)14-29-22-19(10-7-11-23-22)21(27)24-12-17-8-5-6-9-18(17)13-26(3)4/h5-11H,12-14H2,1-4H3,(H,24,27). The molecule has 0 aliphatic rings. The minimum atomic E-state index is -0.126. The van der Waals surface area contributed by atoms with Crippen molar-refractivity contribution in [1.29, 1.82) is 0 Å². The quantitative estimate of drug-likeness (QED) is 0.567. The van der Waals surface area contributed by atoms with E-state index in [1.54, 1.807) is 12.3 Å². The molecule has 6 nitrogen and oxygen atoms in total. The van der Waals surface area contributed by atoms with Gasteiger partial charge in [-0.25, -0.2) is 4.98 Å². The van der Waals surface area contributed by atoms with Crippen LogP contribution in [0, 0.1) is 13.8 Å². The summed E-state index contributed by atoms with van der Waals surface area (Å²) in [4.78, 5) is 19.4. The van der Waals surface area contributed by atoms with Crippen LogP contribution in [0.25, 0.3) is 0 Å². The number of carbonyl (C=O) groups excluding carboxylic acids is 1. The molecule has 29 heavy (non-hydrogen) atoms. The molecule has 0 unspecified atom stereocenters.